The molecular formula is C24H29F3N2O3. The largest absolute Gasteiger partial charge is 0.444 e. The summed E-state index contributed by atoms with van der Waals surface area (Å²) in [5.41, 5.74) is 0.0214. The molecule has 0 aromatic heterocycles. The molecule has 0 unspecified atom stereocenters. The molecule has 0 spiro atoms. The molecule has 0 fully saturated rings. The van der Waals surface area contributed by atoms with Crippen molar-refractivity contribution in [2.24, 2.45) is 0 Å². The fourth-order valence-electron chi connectivity index (χ4n) is 2.86. The van der Waals surface area contributed by atoms with Gasteiger partial charge in [0.2, 0.25) is 0 Å². The molecule has 2 amide bonds. The van der Waals surface area contributed by atoms with E-state index in [1.807, 2.05) is 12.1 Å². The third kappa shape index (κ3) is 7.28. The Bertz CT molecular complexity index is 939. The van der Waals surface area contributed by atoms with E-state index in [4.69, 9.17) is 4.74 Å². The van der Waals surface area contributed by atoms with Gasteiger partial charge in [-0.1, -0.05) is 45.0 Å². The average Bonchev–Trinajstić information content (AvgIpc) is 2.64. The van der Waals surface area contributed by atoms with E-state index in [0.29, 0.717) is 5.69 Å². The lowest BCUT2D eigenvalue weighted by molar-refractivity contribution is -0.137. The van der Waals surface area contributed by atoms with E-state index in [1.165, 1.54) is 0 Å². The van der Waals surface area contributed by atoms with Gasteiger partial charge in [0.1, 0.15) is 11.6 Å². The van der Waals surface area contributed by atoms with Crippen LogP contribution in [0.2, 0.25) is 0 Å². The number of alkyl carbamates (subject to hydrolysis) is 1. The molecule has 0 aliphatic heterocycles. The van der Waals surface area contributed by atoms with Crippen LogP contribution in [0.4, 0.5) is 23.7 Å². The van der Waals surface area contributed by atoms with Crippen LogP contribution in [0.25, 0.3) is 0 Å². The van der Waals surface area contributed by atoms with Crippen LogP contribution in [0.5, 0.6) is 0 Å². The Morgan fingerprint density at radius 1 is 0.812 bits per heavy atom. The van der Waals surface area contributed by atoms with Crippen molar-refractivity contribution in [3.8, 4) is 0 Å². The topological polar surface area (TPSA) is 67.4 Å². The average molecular weight is 451 g/mol. The van der Waals surface area contributed by atoms with Crippen LogP contribution in [-0.2, 0) is 21.1 Å². The van der Waals surface area contributed by atoms with E-state index in [1.54, 1.807) is 32.9 Å². The first kappa shape index (κ1) is 25.2. The van der Waals surface area contributed by atoms with E-state index in [0.717, 1.165) is 29.8 Å². The molecule has 0 radical (unpaired) electrons. The number of rotatable bonds is 4. The second kappa shape index (κ2) is 9.22. The normalized spacial score (nSPS) is 13.3. The Kier molecular flexibility index (Phi) is 7.27. The first-order chi connectivity index (χ1) is 14.6. The van der Waals surface area contributed by atoms with Crippen LogP contribution in [0, 0.1) is 0 Å². The maximum Gasteiger partial charge on any atom is 0.416 e. The van der Waals surface area contributed by atoms with Crippen LogP contribution >= 0.6 is 0 Å². The summed E-state index contributed by atoms with van der Waals surface area (Å²) in [5.74, 6) is -0.612. The molecule has 0 saturated heterocycles. The number of ether oxygens (including phenoxy) is 1. The number of hydrogen-bond acceptors (Lipinski definition) is 3. The monoisotopic (exact) mass is 450 g/mol. The van der Waals surface area contributed by atoms with Gasteiger partial charge >= 0.3 is 12.3 Å². The van der Waals surface area contributed by atoms with Gasteiger partial charge in [-0.05, 0) is 61.6 Å². The van der Waals surface area contributed by atoms with Crippen molar-refractivity contribution in [3.63, 3.8) is 0 Å². The van der Waals surface area contributed by atoms with Crippen LogP contribution in [0.3, 0.4) is 0 Å². The van der Waals surface area contributed by atoms with Crippen molar-refractivity contribution >= 4 is 17.7 Å². The zero-order valence-corrected chi connectivity index (χ0v) is 19.1. The van der Waals surface area contributed by atoms with Crippen LogP contribution in [0.1, 0.15) is 64.3 Å². The highest BCUT2D eigenvalue weighted by Crippen LogP contribution is 2.30. The second-order valence-corrected chi connectivity index (χ2v) is 9.52. The van der Waals surface area contributed by atoms with Crippen molar-refractivity contribution in [1.29, 1.82) is 0 Å². The minimum absolute atomic E-state index is 0.0659. The molecule has 0 aliphatic carbocycles. The van der Waals surface area contributed by atoms with Crippen molar-refractivity contribution in [3.05, 3.63) is 65.2 Å². The Hall–Kier alpha value is -3.03. The summed E-state index contributed by atoms with van der Waals surface area (Å²) in [6, 6.07) is 10.0. The number of hydrogen-bond donors (Lipinski definition) is 2. The number of alkyl halides is 3. The maximum atomic E-state index is 13.0. The molecule has 174 valence electrons. The number of halogens is 3. The van der Waals surface area contributed by atoms with Crippen LogP contribution < -0.4 is 10.6 Å². The van der Waals surface area contributed by atoms with Gasteiger partial charge in [0, 0.05) is 5.69 Å². The fourth-order valence-corrected chi connectivity index (χ4v) is 2.86. The summed E-state index contributed by atoms with van der Waals surface area (Å²) in [5, 5.41) is 5.15. The van der Waals surface area contributed by atoms with Gasteiger partial charge in [-0.3, -0.25) is 4.79 Å². The number of carbonyl (C=O) groups is 2. The fraction of sp³-hybridized carbons (Fsp3) is 0.417. The van der Waals surface area contributed by atoms with E-state index >= 15 is 0 Å². The van der Waals surface area contributed by atoms with Crippen molar-refractivity contribution in [1.82, 2.24) is 5.32 Å². The Balaban J connectivity index is 2.28. The lowest BCUT2D eigenvalue weighted by Gasteiger charge is -2.24. The summed E-state index contributed by atoms with van der Waals surface area (Å²) < 4.78 is 43.9. The highest BCUT2D eigenvalue weighted by atomic mass is 19.4. The highest BCUT2D eigenvalue weighted by molar-refractivity contribution is 5.97. The molecule has 0 aliphatic rings. The van der Waals surface area contributed by atoms with E-state index in [2.05, 4.69) is 31.4 Å². The number of amides is 2. The van der Waals surface area contributed by atoms with Crippen molar-refractivity contribution in [2.45, 2.75) is 64.8 Å². The SMILES string of the molecule is CC(C)(C)OC(=O)N[C@H](C(=O)Nc1ccc(C(C)(C)C)cc1)c1ccc(C(F)(F)F)cc1. The third-order valence-electron chi connectivity index (χ3n) is 4.51. The minimum Gasteiger partial charge on any atom is -0.444 e. The molecule has 2 N–H and O–H groups in total. The van der Waals surface area contributed by atoms with Gasteiger partial charge in [0.25, 0.3) is 5.91 Å². The first-order valence-electron chi connectivity index (χ1n) is 10.1. The smallest absolute Gasteiger partial charge is 0.416 e. The Morgan fingerprint density at radius 2 is 1.31 bits per heavy atom. The van der Waals surface area contributed by atoms with Crippen LogP contribution in [-0.4, -0.2) is 17.6 Å². The first-order valence-corrected chi connectivity index (χ1v) is 10.1. The summed E-state index contributed by atoms with van der Waals surface area (Å²) in [6.07, 6.45) is -5.37. The Morgan fingerprint density at radius 3 is 1.75 bits per heavy atom. The molecule has 2 rings (SSSR count). The summed E-state index contributed by atoms with van der Waals surface area (Å²) >= 11 is 0. The number of nitrogens with one attached hydrogen (secondary N) is 2. The van der Waals surface area contributed by atoms with Gasteiger partial charge in [0.05, 0.1) is 5.56 Å². The van der Waals surface area contributed by atoms with Gasteiger partial charge in [-0.15, -0.1) is 0 Å². The molecule has 2 aromatic rings. The molecule has 0 heterocycles. The molecule has 1 atom stereocenters. The molecule has 0 bridgehead atoms. The molecule has 5 nitrogen and oxygen atoms in total. The van der Waals surface area contributed by atoms with Crippen molar-refractivity contribution < 1.29 is 27.5 Å². The molecular weight excluding hydrogens is 421 g/mol. The molecule has 2 aromatic carbocycles. The van der Waals surface area contributed by atoms with Crippen LogP contribution in [0.15, 0.2) is 48.5 Å². The maximum absolute atomic E-state index is 13.0. The number of carbonyl (C=O) groups excluding carboxylic acids is 2. The summed E-state index contributed by atoms with van der Waals surface area (Å²) in [4.78, 5) is 25.3. The Labute approximate surface area is 186 Å². The standard InChI is InChI=1S/C24H29F3N2O3/c1-22(2,3)16-11-13-18(14-12-16)28-20(30)19(29-21(31)32-23(4,5)6)15-7-9-17(10-8-15)24(25,26)27/h7-14,19H,1-6H3,(H,28,30)(H,29,31)/t19-/m0/s1. The van der Waals surface area contributed by atoms with E-state index in [-0.39, 0.29) is 11.0 Å². The predicted octanol–water partition coefficient (Wildman–Crippen LogP) is 6.21. The lowest BCUT2D eigenvalue weighted by Crippen LogP contribution is -2.40. The number of anilines is 1. The number of benzene rings is 2. The third-order valence-corrected chi connectivity index (χ3v) is 4.51. The zero-order valence-electron chi connectivity index (χ0n) is 19.1. The highest BCUT2D eigenvalue weighted by Gasteiger charge is 2.31. The van der Waals surface area contributed by atoms with Gasteiger partial charge < -0.3 is 15.4 Å². The second-order valence-electron chi connectivity index (χ2n) is 9.52. The van der Waals surface area contributed by atoms with Gasteiger partial charge in [-0.25, -0.2) is 4.79 Å². The van der Waals surface area contributed by atoms with Gasteiger partial charge in [0.15, 0.2) is 0 Å². The quantitative estimate of drug-likeness (QED) is 0.582. The van der Waals surface area contributed by atoms with E-state index < -0.39 is 35.4 Å². The molecule has 32 heavy (non-hydrogen) atoms. The minimum atomic E-state index is -4.51. The molecule has 0 saturated carbocycles. The molecule has 8 heteroatoms. The lowest BCUT2D eigenvalue weighted by atomic mass is 9.87. The predicted molar refractivity (Wildman–Crippen MR) is 117 cm³/mol. The summed E-state index contributed by atoms with van der Waals surface area (Å²) in [6.45, 7) is 11.2. The zero-order chi connectivity index (χ0) is 24.3. The van der Waals surface area contributed by atoms with Gasteiger partial charge in [-0.2, -0.15) is 13.2 Å². The van der Waals surface area contributed by atoms with Crippen molar-refractivity contribution in [2.75, 3.05) is 5.32 Å². The summed E-state index contributed by atoms with van der Waals surface area (Å²) in [7, 11) is 0. The van der Waals surface area contributed by atoms with E-state index in [9.17, 15) is 22.8 Å².